The van der Waals surface area contributed by atoms with Crippen LogP contribution in [0.25, 0.3) is 0 Å². The Labute approximate surface area is 244 Å². The standard InChI is InChI=1S/C29H27ClF3N5O4/c1-14-9-23(27(40)37-36-14)42-25-20(32)10-16(11-21(25)33)26(39)35-15(2)28(41)38-22(7-8-24(38)29(3,4)13-34)18-12-17(30)5-6-19(18)31/h5-6,9-12,15,22,24H,7-8H2,1-4H3,(H,35,39)(H,37,40)/t15-,22+,24?/m1/s1. The molecule has 3 atom stereocenters. The van der Waals surface area contributed by atoms with Crippen molar-refractivity contribution < 1.29 is 27.5 Å². The third-order valence-corrected chi connectivity index (χ3v) is 7.40. The molecule has 2 N–H and O–H groups in total. The number of carbonyl (C=O) groups is 2. The van der Waals surface area contributed by atoms with Crippen molar-refractivity contribution >= 4 is 23.4 Å². The van der Waals surface area contributed by atoms with E-state index in [2.05, 4.69) is 21.6 Å². The molecule has 2 aromatic carbocycles. The van der Waals surface area contributed by atoms with Gasteiger partial charge in [0.05, 0.1) is 29.3 Å². The highest BCUT2D eigenvalue weighted by atomic mass is 35.5. The Bertz CT molecular complexity index is 1630. The van der Waals surface area contributed by atoms with Gasteiger partial charge in [-0.25, -0.2) is 18.3 Å². The maximum Gasteiger partial charge on any atom is 0.307 e. The van der Waals surface area contributed by atoms with E-state index in [9.17, 15) is 32.8 Å². The number of aromatic amines is 1. The van der Waals surface area contributed by atoms with E-state index in [0.29, 0.717) is 30.7 Å². The Morgan fingerprint density at radius 1 is 1.17 bits per heavy atom. The number of aryl methyl sites for hydroxylation is 1. The average Bonchev–Trinajstić information content (AvgIpc) is 3.39. The molecule has 3 aromatic rings. The van der Waals surface area contributed by atoms with Gasteiger partial charge < -0.3 is 15.0 Å². The largest absolute Gasteiger partial charge is 0.445 e. The minimum Gasteiger partial charge on any atom is -0.445 e. The number of rotatable bonds is 7. The fourth-order valence-electron chi connectivity index (χ4n) is 5.00. The highest BCUT2D eigenvalue weighted by molar-refractivity contribution is 6.30. The van der Waals surface area contributed by atoms with Crippen LogP contribution in [0.1, 0.15) is 61.3 Å². The molecule has 1 aromatic heterocycles. The first-order valence-corrected chi connectivity index (χ1v) is 13.3. The summed E-state index contributed by atoms with van der Waals surface area (Å²) >= 11 is 6.10. The fraction of sp³-hybridized carbons (Fsp3) is 0.345. The first-order valence-electron chi connectivity index (χ1n) is 13.0. The van der Waals surface area contributed by atoms with E-state index < -0.39 is 75.4 Å². The van der Waals surface area contributed by atoms with Crippen LogP contribution in [0.5, 0.6) is 11.5 Å². The van der Waals surface area contributed by atoms with Gasteiger partial charge in [0, 0.05) is 22.2 Å². The van der Waals surface area contributed by atoms with E-state index >= 15 is 0 Å². The number of H-pyrrole nitrogens is 1. The molecular formula is C29H27ClF3N5O4. The minimum absolute atomic E-state index is 0.175. The Morgan fingerprint density at radius 3 is 2.48 bits per heavy atom. The van der Waals surface area contributed by atoms with Gasteiger partial charge in [0.2, 0.25) is 5.91 Å². The number of aromatic nitrogens is 2. The van der Waals surface area contributed by atoms with Gasteiger partial charge in [-0.05, 0) is 70.9 Å². The van der Waals surface area contributed by atoms with Crippen LogP contribution in [0.15, 0.2) is 41.2 Å². The summed E-state index contributed by atoms with van der Waals surface area (Å²) in [5.41, 5.74) is -1.78. The number of amides is 2. The number of benzene rings is 2. The van der Waals surface area contributed by atoms with Gasteiger partial charge >= 0.3 is 5.56 Å². The van der Waals surface area contributed by atoms with Crippen LogP contribution in [0, 0.1) is 41.1 Å². The summed E-state index contributed by atoms with van der Waals surface area (Å²) in [4.78, 5) is 40.0. The van der Waals surface area contributed by atoms with Gasteiger partial charge in [-0.3, -0.25) is 14.4 Å². The van der Waals surface area contributed by atoms with Gasteiger partial charge in [0.15, 0.2) is 23.1 Å². The van der Waals surface area contributed by atoms with Crippen LogP contribution in [0.2, 0.25) is 5.02 Å². The molecule has 1 aliphatic heterocycles. The number of ether oxygens (including phenoxy) is 1. The van der Waals surface area contributed by atoms with E-state index in [-0.39, 0.29) is 10.6 Å². The minimum atomic E-state index is -1.26. The Morgan fingerprint density at radius 2 is 1.83 bits per heavy atom. The van der Waals surface area contributed by atoms with Gasteiger partial charge in [-0.1, -0.05) is 11.6 Å². The number of nitrogens with zero attached hydrogens (tertiary/aromatic N) is 3. The summed E-state index contributed by atoms with van der Waals surface area (Å²) in [6, 6.07) is 6.17. The van der Waals surface area contributed by atoms with Crippen molar-refractivity contribution in [2.45, 2.75) is 58.7 Å². The zero-order chi connectivity index (χ0) is 30.9. The molecule has 2 heterocycles. The predicted molar refractivity (Wildman–Crippen MR) is 146 cm³/mol. The molecule has 0 radical (unpaired) electrons. The fourth-order valence-corrected chi connectivity index (χ4v) is 5.18. The number of carbonyl (C=O) groups excluding carboxylic acids is 2. The highest BCUT2D eigenvalue weighted by Crippen LogP contribution is 2.44. The van der Waals surface area contributed by atoms with Crippen molar-refractivity contribution in [1.29, 1.82) is 5.26 Å². The summed E-state index contributed by atoms with van der Waals surface area (Å²) in [6.07, 6.45) is 0.735. The third-order valence-electron chi connectivity index (χ3n) is 7.17. The molecule has 2 amide bonds. The Kier molecular flexibility index (Phi) is 8.63. The summed E-state index contributed by atoms with van der Waals surface area (Å²) in [6.45, 7) is 6.23. The number of likely N-dealkylation sites (tertiary alicyclic amines) is 1. The summed E-state index contributed by atoms with van der Waals surface area (Å²) in [5, 5.41) is 18.3. The number of halogens is 4. The molecule has 1 aliphatic rings. The van der Waals surface area contributed by atoms with Crippen LogP contribution >= 0.6 is 11.6 Å². The van der Waals surface area contributed by atoms with Crippen molar-refractivity contribution in [3.8, 4) is 17.6 Å². The molecule has 0 saturated carbocycles. The lowest BCUT2D eigenvalue weighted by Crippen LogP contribution is -2.52. The summed E-state index contributed by atoms with van der Waals surface area (Å²) < 4.78 is 49.6. The lowest BCUT2D eigenvalue weighted by molar-refractivity contribution is -0.137. The quantitative estimate of drug-likeness (QED) is 0.376. The molecule has 1 unspecified atom stereocenters. The van der Waals surface area contributed by atoms with E-state index in [1.54, 1.807) is 13.8 Å². The smallest absolute Gasteiger partial charge is 0.307 e. The van der Waals surface area contributed by atoms with Gasteiger partial charge in [-0.15, -0.1) is 0 Å². The van der Waals surface area contributed by atoms with Gasteiger partial charge in [-0.2, -0.15) is 10.4 Å². The predicted octanol–water partition coefficient (Wildman–Crippen LogP) is 5.34. The van der Waals surface area contributed by atoms with Crippen LogP contribution in [-0.2, 0) is 4.79 Å². The van der Waals surface area contributed by atoms with E-state index in [1.165, 1.54) is 43.0 Å². The number of hydrogen-bond acceptors (Lipinski definition) is 6. The first kappa shape index (κ1) is 30.6. The lowest BCUT2D eigenvalue weighted by Gasteiger charge is -2.38. The zero-order valence-electron chi connectivity index (χ0n) is 23.1. The number of nitriles is 1. The van der Waals surface area contributed by atoms with Crippen molar-refractivity contribution in [1.82, 2.24) is 20.4 Å². The normalized spacial score (nSPS) is 17.5. The second-order valence-corrected chi connectivity index (χ2v) is 11.1. The summed E-state index contributed by atoms with van der Waals surface area (Å²) in [5.74, 6) is -6.00. The molecule has 4 rings (SSSR count). The molecule has 1 saturated heterocycles. The SMILES string of the molecule is Cc1cc(Oc2c(F)cc(C(=O)N[C@H](C)C(=O)N3C(C(C)(C)C#N)CC[C@H]3c3cc(Cl)ccc3F)cc2F)c(=O)[nH]n1. The van der Waals surface area contributed by atoms with Crippen LogP contribution < -0.4 is 15.6 Å². The molecule has 13 heteroatoms. The Hall–Kier alpha value is -4.37. The maximum atomic E-state index is 14.8. The van der Waals surface area contributed by atoms with Gasteiger partial charge in [0.25, 0.3) is 5.91 Å². The maximum absolute atomic E-state index is 14.8. The average molecular weight is 602 g/mol. The highest BCUT2D eigenvalue weighted by Gasteiger charge is 2.47. The molecule has 9 nitrogen and oxygen atoms in total. The molecule has 220 valence electrons. The van der Waals surface area contributed by atoms with Crippen molar-refractivity contribution in [3.05, 3.63) is 86.0 Å². The molecule has 0 bridgehead atoms. The lowest BCUT2D eigenvalue weighted by atomic mass is 9.84. The molecule has 42 heavy (non-hydrogen) atoms. The number of nitrogens with one attached hydrogen (secondary N) is 2. The van der Waals surface area contributed by atoms with E-state index in [4.69, 9.17) is 16.3 Å². The molecular weight excluding hydrogens is 575 g/mol. The van der Waals surface area contributed by atoms with Crippen LogP contribution in [-0.4, -0.2) is 39.0 Å². The van der Waals surface area contributed by atoms with Crippen molar-refractivity contribution in [2.24, 2.45) is 5.41 Å². The molecule has 0 spiro atoms. The molecule has 1 fully saturated rings. The first-order chi connectivity index (χ1) is 19.7. The Balaban J connectivity index is 1.58. The zero-order valence-corrected chi connectivity index (χ0v) is 23.9. The third kappa shape index (κ3) is 6.11. The van der Waals surface area contributed by atoms with E-state index in [1.807, 2.05) is 0 Å². The van der Waals surface area contributed by atoms with E-state index in [0.717, 1.165) is 0 Å². The second-order valence-electron chi connectivity index (χ2n) is 10.6. The molecule has 0 aliphatic carbocycles. The number of hydrogen-bond donors (Lipinski definition) is 2. The van der Waals surface area contributed by atoms with Crippen LogP contribution in [0.4, 0.5) is 13.2 Å². The van der Waals surface area contributed by atoms with Crippen molar-refractivity contribution in [3.63, 3.8) is 0 Å². The topological polar surface area (TPSA) is 128 Å². The second kappa shape index (κ2) is 11.9. The van der Waals surface area contributed by atoms with Crippen LogP contribution in [0.3, 0.4) is 0 Å². The van der Waals surface area contributed by atoms with Gasteiger partial charge in [0.1, 0.15) is 11.9 Å². The monoisotopic (exact) mass is 601 g/mol. The summed E-state index contributed by atoms with van der Waals surface area (Å²) in [7, 11) is 0. The van der Waals surface area contributed by atoms with Crippen molar-refractivity contribution in [2.75, 3.05) is 0 Å².